The summed E-state index contributed by atoms with van der Waals surface area (Å²) >= 11 is 0. The molecule has 1 saturated carbocycles. The number of benzene rings is 1. The molecule has 2 fully saturated rings. The lowest BCUT2D eigenvalue weighted by Crippen LogP contribution is -2.47. The second-order valence-corrected chi connectivity index (χ2v) is 7.14. The first-order chi connectivity index (χ1) is 11.8. The number of aryl methyl sites for hydroxylation is 1. The first-order valence-corrected chi connectivity index (χ1v) is 9.51. The van der Waals surface area contributed by atoms with Crippen LogP contribution in [-0.4, -0.2) is 36.0 Å². The van der Waals surface area contributed by atoms with E-state index in [1.807, 2.05) is 17.0 Å². The highest BCUT2D eigenvalue weighted by molar-refractivity contribution is 5.77. The molecule has 1 heterocycles. The Hall–Kier alpha value is -1.55. The van der Waals surface area contributed by atoms with Gasteiger partial charge < -0.3 is 15.4 Å². The van der Waals surface area contributed by atoms with E-state index in [1.54, 1.807) is 0 Å². The van der Waals surface area contributed by atoms with Crippen molar-refractivity contribution in [3.05, 3.63) is 29.8 Å². The lowest BCUT2D eigenvalue weighted by molar-refractivity contribution is -0.134. The van der Waals surface area contributed by atoms with Gasteiger partial charge in [0.1, 0.15) is 5.75 Å². The van der Waals surface area contributed by atoms with Gasteiger partial charge in [0, 0.05) is 25.6 Å². The van der Waals surface area contributed by atoms with E-state index in [0.717, 1.165) is 44.4 Å². The van der Waals surface area contributed by atoms with Gasteiger partial charge >= 0.3 is 0 Å². The molecule has 1 amide bonds. The molecule has 1 aromatic carbocycles. The number of piperidine rings is 1. The Balaban J connectivity index is 1.52. The number of carbonyl (C=O) groups is 1. The van der Waals surface area contributed by atoms with Crippen molar-refractivity contribution < 1.29 is 9.53 Å². The summed E-state index contributed by atoms with van der Waals surface area (Å²) in [7, 11) is 0. The maximum atomic E-state index is 12.5. The average Bonchev–Trinajstić information content (AvgIpc) is 3.13. The zero-order valence-corrected chi connectivity index (χ0v) is 14.6. The van der Waals surface area contributed by atoms with Crippen molar-refractivity contribution in [3.63, 3.8) is 0 Å². The van der Waals surface area contributed by atoms with Crippen LogP contribution < -0.4 is 10.5 Å². The molecule has 1 aromatic rings. The van der Waals surface area contributed by atoms with Crippen molar-refractivity contribution >= 4 is 5.91 Å². The van der Waals surface area contributed by atoms with Crippen LogP contribution in [0.2, 0.25) is 0 Å². The number of hydrogen-bond acceptors (Lipinski definition) is 3. The van der Waals surface area contributed by atoms with Crippen LogP contribution in [-0.2, 0) is 11.2 Å². The second kappa shape index (κ2) is 8.52. The Morgan fingerprint density at radius 1 is 1.17 bits per heavy atom. The molecule has 0 spiro atoms. The Bertz CT molecular complexity index is 540. The van der Waals surface area contributed by atoms with Crippen molar-refractivity contribution in [1.29, 1.82) is 0 Å². The average molecular weight is 330 g/mol. The van der Waals surface area contributed by atoms with Crippen molar-refractivity contribution in [2.24, 2.45) is 5.73 Å². The van der Waals surface area contributed by atoms with E-state index in [0.29, 0.717) is 19.1 Å². The third kappa shape index (κ3) is 4.50. The van der Waals surface area contributed by atoms with Crippen LogP contribution in [0.1, 0.15) is 56.9 Å². The number of nitrogens with two attached hydrogens (primary N) is 1. The van der Waals surface area contributed by atoms with Crippen LogP contribution in [0.25, 0.3) is 0 Å². The minimum atomic E-state index is 0.239. The molecule has 2 aliphatic rings. The molecule has 1 aliphatic carbocycles. The fourth-order valence-corrected chi connectivity index (χ4v) is 3.94. The van der Waals surface area contributed by atoms with Crippen molar-refractivity contribution in [2.75, 3.05) is 13.1 Å². The first-order valence-electron chi connectivity index (χ1n) is 9.51. The Morgan fingerprint density at radius 2 is 1.96 bits per heavy atom. The fraction of sp³-hybridized carbons (Fsp3) is 0.650. The summed E-state index contributed by atoms with van der Waals surface area (Å²) < 4.78 is 6.06. The molecule has 1 saturated heterocycles. The number of carbonyl (C=O) groups excluding carboxylic acids is 1. The molecule has 0 bridgehead atoms. The van der Waals surface area contributed by atoms with E-state index in [9.17, 15) is 4.79 Å². The molecule has 132 valence electrons. The maximum Gasteiger partial charge on any atom is 0.223 e. The maximum absolute atomic E-state index is 12.5. The number of nitrogens with zero attached hydrogens (tertiary/aromatic N) is 1. The van der Waals surface area contributed by atoms with Crippen LogP contribution >= 0.6 is 0 Å². The molecule has 2 N–H and O–H groups in total. The third-order valence-electron chi connectivity index (χ3n) is 5.35. The molecule has 4 nitrogen and oxygen atoms in total. The Morgan fingerprint density at radius 3 is 2.75 bits per heavy atom. The van der Waals surface area contributed by atoms with Gasteiger partial charge in [-0.15, -0.1) is 0 Å². The largest absolute Gasteiger partial charge is 0.490 e. The van der Waals surface area contributed by atoms with Gasteiger partial charge in [-0.25, -0.2) is 0 Å². The SMILES string of the molecule is NCC1CCCCN1C(=O)CCc1cccc(OC2CCCC2)c1. The Kier molecular flexibility index (Phi) is 6.13. The van der Waals surface area contributed by atoms with Gasteiger partial charge in [0.25, 0.3) is 0 Å². The zero-order valence-electron chi connectivity index (χ0n) is 14.6. The van der Waals surface area contributed by atoms with E-state index >= 15 is 0 Å². The molecule has 1 aliphatic heterocycles. The summed E-state index contributed by atoms with van der Waals surface area (Å²) in [6.07, 6.45) is 9.93. The topological polar surface area (TPSA) is 55.6 Å². The lowest BCUT2D eigenvalue weighted by atomic mass is 10.0. The number of rotatable bonds is 6. The molecular formula is C20H30N2O2. The van der Waals surface area contributed by atoms with Gasteiger partial charge in [0.05, 0.1) is 6.10 Å². The summed E-state index contributed by atoms with van der Waals surface area (Å²) in [6, 6.07) is 8.49. The normalized spacial score (nSPS) is 21.9. The molecule has 1 unspecified atom stereocenters. The number of hydrogen-bond donors (Lipinski definition) is 1. The minimum absolute atomic E-state index is 0.239. The molecule has 4 heteroatoms. The van der Waals surface area contributed by atoms with Crippen molar-refractivity contribution in [3.8, 4) is 5.75 Å². The highest BCUT2D eigenvalue weighted by atomic mass is 16.5. The summed E-state index contributed by atoms with van der Waals surface area (Å²) in [4.78, 5) is 14.5. The monoisotopic (exact) mass is 330 g/mol. The quantitative estimate of drug-likeness (QED) is 0.871. The molecule has 24 heavy (non-hydrogen) atoms. The second-order valence-electron chi connectivity index (χ2n) is 7.14. The first kappa shape index (κ1) is 17.3. The van der Waals surface area contributed by atoms with Crippen molar-refractivity contribution in [1.82, 2.24) is 4.90 Å². The van der Waals surface area contributed by atoms with Crippen LogP contribution in [0.15, 0.2) is 24.3 Å². The highest BCUT2D eigenvalue weighted by Crippen LogP contribution is 2.25. The van der Waals surface area contributed by atoms with Gasteiger partial charge in [-0.2, -0.15) is 0 Å². The van der Waals surface area contributed by atoms with Crippen LogP contribution in [0.5, 0.6) is 5.75 Å². The Labute approximate surface area is 145 Å². The summed E-state index contributed by atoms with van der Waals surface area (Å²) in [5.41, 5.74) is 7.01. The molecular weight excluding hydrogens is 300 g/mol. The lowest BCUT2D eigenvalue weighted by Gasteiger charge is -2.35. The summed E-state index contributed by atoms with van der Waals surface area (Å²) in [5.74, 6) is 1.19. The minimum Gasteiger partial charge on any atom is -0.490 e. The third-order valence-corrected chi connectivity index (χ3v) is 5.35. The van der Waals surface area contributed by atoms with Gasteiger partial charge in [-0.3, -0.25) is 4.79 Å². The van der Waals surface area contributed by atoms with Crippen molar-refractivity contribution in [2.45, 2.75) is 69.9 Å². The highest BCUT2D eigenvalue weighted by Gasteiger charge is 2.25. The number of ether oxygens (including phenoxy) is 1. The molecule has 3 rings (SSSR count). The summed E-state index contributed by atoms with van der Waals surface area (Å²) in [6.45, 7) is 1.45. The van der Waals surface area contributed by atoms with Gasteiger partial charge in [0.2, 0.25) is 5.91 Å². The van der Waals surface area contributed by atoms with E-state index in [2.05, 4.69) is 12.1 Å². The smallest absolute Gasteiger partial charge is 0.223 e. The number of amides is 1. The molecule has 0 aromatic heterocycles. The van der Waals surface area contributed by atoms with Crippen LogP contribution in [0, 0.1) is 0 Å². The molecule has 1 atom stereocenters. The van der Waals surface area contributed by atoms with Gasteiger partial charge in [-0.1, -0.05) is 12.1 Å². The van der Waals surface area contributed by atoms with Crippen LogP contribution in [0.3, 0.4) is 0 Å². The molecule has 0 radical (unpaired) electrons. The zero-order chi connectivity index (χ0) is 16.8. The predicted octanol–water partition coefficient (Wildman–Crippen LogP) is 3.28. The van der Waals surface area contributed by atoms with E-state index in [-0.39, 0.29) is 11.9 Å². The van der Waals surface area contributed by atoms with Gasteiger partial charge in [-0.05, 0) is 69.1 Å². The van der Waals surface area contributed by atoms with E-state index < -0.39 is 0 Å². The fourth-order valence-electron chi connectivity index (χ4n) is 3.94. The van der Waals surface area contributed by atoms with Gasteiger partial charge in [0.15, 0.2) is 0 Å². The van der Waals surface area contributed by atoms with Crippen LogP contribution in [0.4, 0.5) is 0 Å². The predicted molar refractivity (Wildman–Crippen MR) is 96.1 cm³/mol. The van der Waals surface area contributed by atoms with E-state index in [1.165, 1.54) is 24.8 Å². The summed E-state index contributed by atoms with van der Waals surface area (Å²) in [5, 5.41) is 0. The standard InChI is InChI=1S/C20H30N2O2/c21-15-17-7-3-4-13-22(17)20(23)12-11-16-6-5-10-19(14-16)24-18-8-1-2-9-18/h5-6,10,14,17-18H,1-4,7-9,11-13,15,21H2. The number of likely N-dealkylation sites (tertiary alicyclic amines) is 1. The van der Waals surface area contributed by atoms with E-state index in [4.69, 9.17) is 10.5 Å².